The molecule has 0 radical (unpaired) electrons. The van der Waals surface area contributed by atoms with Crippen LogP contribution in [0.25, 0.3) is 0 Å². The third kappa shape index (κ3) is 1.76. The average molecular weight is 227 g/mol. The Morgan fingerprint density at radius 3 is 2.94 bits per heavy atom. The van der Waals surface area contributed by atoms with Crippen LogP contribution in [0.3, 0.4) is 0 Å². The van der Waals surface area contributed by atoms with Crippen LogP contribution in [0.1, 0.15) is 35.2 Å². The molecule has 0 aliphatic heterocycles. The lowest BCUT2D eigenvalue weighted by atomic mass is 9.74. The Morgan fingerprint density at radius 1 is 1.41 bits per heavy atom. The summed E-state index contributed by atoms with van der Waals surface area (Å²) in [4.78, 5) is 0. The highest BCUT2D eigenvalue weighted by molar-refractivity contribution is 5.40. The molecule has 0 fully saturated rings. The Balaban J connectivity index is 1.72. The van der Waals surface area contributed by atoms with Crippen LogP contribution >= 0.6 is 0 Å². The molecule has 1 aliphatic carbocycles. The number of hydrogen-bond donors (Lipinski definition) is 1. The molecule has 17 heavy (non-hydrogen) atoms. The lowest BCUT2D eigenvalue weighted by Crippen LogP contribution is -2.24. The number of aryl methyl sites for hydroxylation is 1. The van der Waals surface area contributed by atoms with Crippen molar-refractivity contribution in [3.05, 3.63) is 53.3 Å². The second-order valence-electron chi connectivity index (χ2n) is 4.82. The molecule has 2 N–H and O–H groups in total. The van der Waals surface area contributed by atoms with Crippen LogP contribution in [0.4, 0.5) is 0 Å². The molecule has 0 saturated carbocycles. The average Bonchev–Trinajstić information content (AvgIpc) is 2.72. The number of hydrogen-bond acceptors (Lipinski definition) is 2. The lowest BCUT2D eigenvalue weighted by Gasteiger charge is -2.32. The zero-order chi connectivity index (χ0) is 11.8. The molecule has 88 valence electrons. The number of aromatic nitrogens is 2. The van der Waals surface area contributed by atoms with E-state index in [1.54, 1.807) is 0 Å². The maximum absolute atomic E-state index is 6.25. The summed E-state index contributed by atoms with van der Waals surface area (Å²) >= 11 is 0. The number of rotatable bonds is 3. The fraction of sp³-hybridized carbons (Fsp3) is 0.357. The molecule has 2 aromatic rings. The van der Waals surface area contributed by atoms with Gasteiger partial charge in [0.1, 0.15) is 0 Å². The molecule has 0 spiro atoms. The number of nitrogens with zero attached hydrogens (tertiary/aromatic N) is 2. The molecule has 3 rings (SSSR count). The molecule has 2 atom stereocenters. The topological polar surface area (TPSA) is 43.8 Å². The van der Waals surface area contributed by atoms with Crippen molar-refractivity contribution in [3.8, 4) is 0 Å². The Kier molecular flexibility index (Phi) is 2.48. The van der Waals surface area contributed by atoms with Crippen LogP contribution in [-0.2, 0) is 13.5 Å². The third-order valence-corrected chi connectivity index (χ3v) is 3.74. The van der Waals surface area contributed by atoms with Gasteiger partial charge in [-0.3, -0.25) is 4.68 Å². The minimum atomic E-state index is 0.0841. The number of nitrogens with two attached hydrogens (primary N) is 1. The van der Waals surface area contributed by atoms with Gasteiger partial charge in [0.05, 0.1) is 5.69 Å². The Bertz CT molecular complexity index is 530. The van der Waals surface area contributed by atoms with E-state index in [2.05, 4.69) is 29.4 Å². The van der Waals surface area contributed by atoms with Gasteiger partial charge >= 0.3 is 0 Å². The summed E-state index contributed by atoms with van der Waals surface area (Å²) in [6.45, 7) is 0. The van der Waals surface area contributed by atoms with Crippen LogP contribution in [0.15, 0.2) is 36.5 Å². The van der Waals surface area contributed by atoms with Crippen LogP contribution in [0.5, 0.6) is 0 Å². The van der Waals surface area contributed by atoms with Crippen LogP contribution < -0.4 is 5.73 Å². The molecule has 3 heteroatoms. The summed E-state index contributed by atoms with van der Waals surface area (Å²) in [5.74, 6) is 0.621. The summed E-state index contributed by atoms with van der Waals surface area (Å²) in [5.41, 5.74) is 10.3. The molecule has 1 aromatic heterocycles. The highest BCUT2D eigenvalue weighted by atomic mass is 15.3. The van der Waals surface area contributed by atoms with E-state index in [9.17, 15) is 0 Å². The number of benzene rings is 1. The first-order valence-electron chi connectivity index (χ1n) is 6.07. The van der Waals surface area contributed by atoms with Gasteiger partial charge in [-0.25, -0.2) is 0 Å². The van der Waals surface area contributed by atoms with E-state index in [0.717, 1.165) is 12.1 Å². The Morgan fingerprint density at radius 2 is 2.24 bits per heavy atom. The maximum atomic E-state index is 6.25. The van der Waals surface area contributed by atoms with Crippen molar-refractivity contribution in [1.82, 2.24) is 9.78 Å². The highest BCUT2D eigenvalue weighted by Gasteiger charge is 2.27. The van der Waals surface area contributed by atoms with Crippen LogP contribution in [0.2, 0.25) is 0 Å². The zero-order valence-electron chi connectivity index (χ0n) is 10.0. The largest absolute Gasteiger partial charge is 0.323 e. The highest BCUT2D eigenvalue weighted by Crippen LogP contribution is 2.39. The van der Waals surface area contributed by atoms with Gasteiger partial charge in [0.2, 0.25) is 0 Å². The van der Waals surface area contributed by atoms with E-state index < -0.39 is 0 Å². The molecule has 0 amide bonds. The molecular formula is C14H17N3. The third-order valence-electron chi connectivity index (χ3n) is 3.74. The van der Waals surface area contributed by atoms with E-state index >= 15 is 0 Å². The summed E-state index contributed by atoms with van der Waals surface area (Å²) in [5, 5.41) is 4.17. The fourth-order valence-electron chi connectivity index (χ4n) is 2.75. The van der Waals surface area contributed by atoms with Crippen molar-refractivity contribution >= 4 is 0 Å². The van der Waals surface area contributed by atoms with E-state index in [1.807, 2.05) is 24.0 Å². The van der Waals surface area contributed by atoms with Gasteiger partial charge in [-0.05, 0) is 36.0 Å². The van der Waals surface area contributed by atoms with Crippen molar-refractivity contribution in [1.29, 1.82) is 0 Å². The second-order valence-corrected chi connectivity index (χ2v) is 4.82. The van der Waals surface area contributed by atoms with Gasteiger partial charge in [0.15, 0.2) is 0 Å². The minimum absolute atomic E-state index is 0.0841. The van der Waals surface area contributed by atoms with Gasteiger partial charge < -0.3 is 5.73 Å². The zero-order valence-corrected chi connectivity index (χ0v) is 10.0. The molecule has 3 nitrogen and oxygen atoms in total. The maximum Gasteiger partial charge on any atom is 0.0548 e. The summed E-state index contributed by atoms with van der Waals surface area (Å²) < 4.78 is 1.87. The minimum Gasteiger partial charge on any atom is -0.323 e. The SMILES string of the molecule is Cn1nccc1C(N)CC1Cc2ccccc21. The van der Waals surface area contributed by atoms with Gasteiger partial charge in [0.25, 0.3) is 0 Å². The van der Waals surface area contributed by atoms with E-state index in [4.69, 9.17) is 5.73 Å². The fourth-order valence-corrected chi connectivity index (χ4v) is 2.75. The van der Waals surface area contributed by atoms with Gasteiger partial charge in [-0.15, -0.1) is 0 Å². The molecule has 1 heterocycles. The van der Waals surface area contributed by atoms with E-state index in [0.29, 0.717) is 5.92 Å². The first-order valence-corrected chi connectivity index (χ1v) is 6.07. The Hall–Kier alpha value is -1.61. The monoisotopic (exact) mass is 227 g/mol. The molecule has 0 bridgehead atoms. The van der Waals surface area contributed by atoms with Gasteiger partial charge in [-0.1, -0.05) is 24.3 Å². The predicted octanol–water partition coefficient (Wildman–Crippen LogP) is 2.15. The smallest absolute Gasteiger partial charge is 0.0548 e. The number of fused-ring (bicyclic) bond motifs is 1. The molecule has 1 aliphatic rings. The van der Waals surface area contributed by atoms with Gasteiger partial charge in [-0.2, -0.15) is 5.10 Å². The summed E-state index contributed by atoms with van der Waals surface area (Å²) in [6, 6.07) is 10.7. The first kappa shape index (κ1) is 10.5. The van der Waals surface area contributed by atoms with Crippen molar-refractivity contribution < 1.29 is 0 Å². The first-order chi connectivity index (χ1) is 8.25. The van der Waals surface area contributed by atoms with Crippen molar-refractivity contribution in [2.24, 2.45) is 12.8 Å². The van der Waals surface area contributed by atoms with Crippen molar-refractivity contribution in [3.63, 3.8) is 0 Å². The summed E-state index contributed by atoms with van der Waals surface area (Å²) in [6.07, 6.45) is 3.99. The van der Waals surface area contributed by atoms with Gasteiger partial charge in [0, 0.05) is 19.3 Å². The second kappa shape index (κ2) is 4.00. The van der Waals surface area contributed by atoms with Crippen LogP contribution in [0, 0.1) is 0 Å². The van der Waals surface area contributed by atoms with Crippen molar-refractivity contribution in [2.75, 3.05) is 0 Å². The molecule has 0 saturated heterocycles. The quantitative estimate of drug-likeness (QED) is 0.873. The normalized spacial score (nSPS) is 19.5. The van der Waals surface area contributed by atoms with E-state index in [-0.39, 0.29) is 6.04 Å². The lowest BCUT2D eigenvalue weighted by molar-refractivity contribution is 0.478. The van der Waals surface area contributed by atoms with E-state index in [1.165, 1.54) is 17.5 Å². The van der Waals surface area contributed by atoms with Crippen molar-refractivity contribution in [2.45, 2.75) is 24.8 Å². The molecule has 1 aromatic carbocycles. The molecule has 2 unspecified atom stereocenters. The standard InChI is InChI=1S/C14H17N3/c1-17-14(6-7-16-17)13(15)9-11-8-10-4-2-3-5-12(10)11/h2-7,11,13H,8-9,15H2,1H3. The van der Waals surface area contributed by atoms with Crippen LogP contribution in [-0.4, -0.2) is 9.78 Å². The predicted molar refractivity (Wildman–Crippen MR) is 67.6 cm³/mol. The summed E-state index contributed by atoms with van der Waals surface area (Å²) in [7, 11) is 1.95. The Labute approximate surface area is 101 Å². The molecular weight excluding hydrogens is 210 g/mol.